The lowest BCUT2D eigenvalue weighted by atomic mass is 10.1. The first kappa shape index (κ1) is 32.7. The summed E-state index contributed by atoms with van der Waals surface area (Å²) in [5.41, 5.74) is 6.00. The van der Waals surface area contributed by atoms with E-state index in [1.165, 1.54) is 52.4 Å². The Morgan fingerprint density at radius 1 is 1.13 bits per heavy atom. The summed E-state index contributed by atoms with van der Waals surface area (Å²) in [6.45, 7) is -0.956. The van der Waals surface area contributed by atoms with Gasteiger partial charge in [0.15, 0.2) is 36.2 Å². The fraction of sp³-hybridized carbons (Fsp3) is 0.435. The third-order valence-electron chi connectivity index (χ3n) is 7.47. The van der Waals surface area contributed by atoms with Crippen LogP contribution in [0.1, 0.15) is 22.8 Å². The predicted octanol–water partition coefficient (Wildman–Crippen LogP) is -3.59. The predicted molar refractivity (Wildman–Crippen MR) is 144 cm³/mol. The van der Waals surface area contributed by atoms with Gasteiger partial charge in [-0.1, -0.05) is 0 Å². The lowest BCUT2D eigenvalue weighted by molar-refractivity contribution is -0.765. The van der Waals surface area contributed by atoms with E-state index in [1.54, 1.807) is 10.6 Å². The third-order valence-corrected chi connectivity index (χ3v) is 9.70. The van der Waals surface area contributed by atoms with Gasteiger partial charge in [0.25, 0.3) is 20.0 Å². The number of aromatic nitrogens is 6. The molecule has 0 aromatic carbocycles. The molecule has 0 aliphatic carbocycles. The first-order chi connectivity index (χ1) is 21.6. The highest BCUT2D eigenvalue weighted by Gasteiger charge is 2.56. The number of nitrogens with two attached hydrogens (primary N) is 1. The van der Waals surface area contributed by atoms with Crippen LogP contribution in [0.4, 0.5) is 0 Å². The van der Waals surface area contributed by atoms with Crippen LogP contribution in [0.3, 0.4) is 0 Å². The Hall–Kier alpha value is -3.27. The number of phosphoric acid groups is 1. The number of carbonyl (C=O) groups excluding carboxylic acids is 1. The molecule has 2 saturated heterocycles. The largest absolute Gasteiger partial charge is 0.756 e. The fourth-order valence-electron chi connectivity index (χ4n) is 5.25. The van der Waals surface area contributed by atoms with Crippen molar-refractivity contribution >= 4 is 38.3 Å². The first-order valence-electron chi connectivity index (χ1n) is 13.3. The van der Waals surface area contributed by atoms with Crippen LogP contribution in [-0.4, -0.2) is 109 Å². The third kappa shape index (κ3) is 6.09. The number of carbonyl (C=O) groups is 1. The van der Waals surface area contributed by atoms with Gasteiger partial charge in [0.05, 0.1) is 12.9 Å². The Balaban J connectivity index is 1.21. The second kappa shape index (κ2) is 12.1. The Bertz CT molecular complexity index is 1870. The van der Waals surface area contributed by atoms with Gasteiger partial charge >= 0.3 is 7.60 Å². The Kier molecular flexibility index (Phi) is 8.57. The molecule has 6 heterocycles. The van der Waals surface area contributed by atoms with E-state index >= 15 is 0 Å². The monoisotopic (exact) mass is 687 g/mol. The molecule has 11 atom stereocenters. The summed E-state index contributed by atoms with van der Waals surface area (Å²) in [4.78, 5) is 55.9. The molecule has 6 rings (SSSR count). The number of aliphatic hydroxyl groups excluding tert-OH is 4. The lowest BCUT2D eigenvalue weighted by Crippen LogP contribution is -2.46. The van der Waals surface area contributed by atoms with Crippen molar-refractivity contribution in [3.63, 3.8) is 0 Å². The molecule has 46 heavy (non-hydrogen) atoms. The number of fused-ring (bicyclic) bond motifs is 3. The minimum absolute atomic E-state index is 0.0457. The zero-order chi connectivity index (χ0) is 33.1. The number of amides is 1. The van der Waals surface area contributed by atoms with Crippen LogP contribution in [-0.2, 0) is 27.7 Å². The van der Waals surface area contributed by atoms with E-state index in [0.717, 1.165) is 0 Å². The van der Waals surface area contributed by atoms with Crippen molar-refractivity contribution < 1.29 is 72.1 Å². The van der Waals surface area contributed by atoms with Crippen LogP contribution in [0.25, 0.3) is 16.9 Å². The van der Waals surface area contributed by atoms with Crippen LogP contribution in [0.5, 0.6) is 0 Å². The maximum atomic E-state index is 13.4. The number of aliphatic hydroxyl groups is 4. The standard InChI is InChI=1S/C23H27N7O14P2/c24-18(35)10-2-1-4-28(6-10)20-15(33)13(31)12(42-20)8-41-45(36,37)22(44-46(38,39)40)17-14(32)16(34)21(43-17)29-7-11-19(26-9-29)27-23-25-3-5-30(11)23/h1-7,9,12-17,20-22,31-34H,8H2,(H4-,24,35,36,37,38,39,40)/t12-,13-,14+,15-,16-,17-,20-,21-,22?/m1/s1. The number of phosphoric ester groups is 1. The summed E-state index contributed by atoms with van der Waals surface area (Å²) in [6, 6.07) is 2.81. The van der Waals surface area contributed by atoms with Crippen LogP contribution in [0.2, 0.25) is 0 Å². The quantitative estimate of drug-likeness (QED) is 0.0626. The van der Waals surface area contributed by atoms with Gasteiger partial charge in [-0.15, -0.1) is 0 Å². The Labute approximate surface area is 256 Å². The molecule has 4 aromatic rings. The van der Waals surface area contributed by atoms with Crippen molar-refractivity contribution in [2.24, 2.45) is 5.73 Å². The van der Waals surface area contributed by atoms with Crippen molar-refractivity contribution in [1.29, 1.82) is 0 Å². The minimum atomic E-state index is -5.82. The molecule has 2 aliphatic rings. The summed E-state index contributed by atoms with van der Waals surface area (Å²) in [7, 11) is -11.3. The Morgan fingerprint density at radius 2 is 1.89 bits per heavy atom. The molecule has 8 N–H and O–H groups in total. The van der Waals surface area contributed by atoms with E-state index in [-0.39, 0.29) is 11.2 Å². The topological polar surface area (TPSA) is 310 Å². The van der Waals surface area contributed by atoms with E-state index in [0.29, 0.717) is 11.3 Å². The highest BCUT2D eigenvalue weighted by atomic mass is 31.2. The zero-order valence-electron chi connectivity index (χ0n) is 23.1. The van der Waals surface area contributed by atoms with Gasteiger partial charge in [-0.25, -0.2) is 9.97 Å². The summed E-state index contributed by atoms with van der Waals surface area (Å²) >= 11 is 0. The molecule has 248 valence electrons. The van der Waals surface area contributed by atoms with Crippen molar-refractivity contribution in [3.8, 4) is 0 Å². The molecule has 0 saturated carbocycles. The first-order valence-corrected chi connectivity index (χ1v) is 16.5. The summed E-state index contributed by atoms with van der Waals surface area (Å²) in [6.07, 6.45) is -5.44. The van der Waals surface area contributed by atoms with Crippen LogP contribution < -0.4 is 15.2 Å². The van der Waals surface area contributed by atoms with Gasteiger partial charge in [0, 0.05) is 24.7 Å². The van der Waals surface area contributed by atoms with Crippen molar-refractivity contribution in [2.45, 2.75) is 54.9 Å². The van der Waals surface area contributed by atoms with Gasteiger partial charge in [-0.05, 0) is 6.07 Å². The zero-order valence-corrected chi connectivity index (χ0v) is 24.9. The number of hydrogen-bond acceptors (Lipinski definition) is 15. The SMILES string of the molecule is NC(=O)c1ccc[n+]([C@@H]2O[C@H](COP(=O)(O)C(OP(=O)([O-])O)[C@@H]3O[C@@H](n4cnc5nc6nccn6c5c4)[C@H](O)[C@@H]3O)[C@@H](O)[C@H]2O)c1. The van der Waals surface area contributed by atoms with Gasteiger partial charge in [0.2, 0.25) is 5.78 Å². The van der Waals surface area contributed by atoms with E-state index in [4.69, 9.17) is 19.7 Å². The molecule has 2 aliphatic heterocycles. The normalized spacial score (nSPS) is 31.6. The van der Waals surface area contributed by atoms with Gasteiger partial charge in [-0.2, -0.15) is 9.55 Å². The van der Waals surface area contributed by atoms with Crippen LogP contribution in [0, 0.1) is 0 Å². The molecule has 21 nitrogen and oxygen atoms in total. The highest BCUT2D eigenvalue weighted by Crippen LogP contribution is 2.57. The molecule has 0 bridgehead atoms. The number of pyridine rings is 1. The smallest absolute Gasteiger partial charge is 0.360 e. The summed E-state index contributed by atoms with van der Waals surface area (Å²) in [5, 5.41) is 42.7. The second-order valence-electron chi connectivity index (χ2n) is 10.5. The number of primary amides is 1. The lowest BCUT2D eigenvalue weighted by Gasteiger charge is -2.32. The number of ether oxygens (including phenoxy) is 2. The van der Waals surface area contributed by atoms with Crippen LogP contribution in [0.15, 0.2) is 49.4 Å². The maximum absolute atomic E-state index is 13.4. The Morgan fingerprint density at radius 3 is 2.61 bits per heavy atom. The molecular weight excluding hydrogens is 660 g/mol. The van der Waals surface area contributed by atoms with Gasteiger partial charge in [0.1, 0.15) is 41.6 Å². The molecule has 0 radical (unpaired) electrons. The van der Waals surface area contributed by atoms with Crippen LogP contribution >= 0.6 is 15.4 Å². The summed E-state index contributed by atoms with van der Waals surface area (Å²) in [5.74, 6) is -3.11. The van der Waals surface area contributed by atoms with Gasteiger partial charge < -0.3 is 59.4 Å². The van der Waals surface area contributed by atoms with E-state index in [1.807, 2.05) is 0 Å². The number of imidazole rings is 2. The average Bonchev–Trinajstić information content (AvgIpc) is 3.74. The number of nitrogens with zero attached hydrogens (tertiary/aromatic N) is 6. The molecule has 23 heteroatoms. The number of rotatable bonds is 10. The second-order valence-corrected chi connectivity index (χ2v) is 13.5. The van der Waals surface area contributed by atoms with Crippen molar-refractivity contribution in [1.82, 2.24) is 23.9 Å². The molecule has 4 aromatic heterocycles. The highest BCUT2D eigenvalue weighted by molar-refractivity contribution is 7.54. The molecule has 1 amide bonds. The van der Waals surface area contributed by atoms with E-state index in [9.17, 15) is 49.0 Å². The molecule has 0 spiro atoms. The van der Waals surface area contributed by atoms with Crippen molar-refractivity contribution in [3.05, 3.63) is 55.0 Å². The molecule has 2 fully saturated rings. The molecular formula is C23H27N7O14P2. The maximum Gasteiger partial charge on any atom is 0.360 e. The fourth-order valence-corrected chi connectivity index (χ4v) is 7.60. The van der Waals surface area contributed by atoms with Crippen molar-refractivity contribution in [2.75, 3.05) is 6.61 Å². The van der Waals surface area contributed by atoms with Gasteiger partial charge in [-0.3, -0.25) is 22.8 Å². The number of hydrogen-bond donors (Lipinski definition) is 7. The van der Waals surface area contributed by atoms with E-state index < -0.39 is 82.9 Å². The average molecular weight is 687 g/mol. The molecule has 3 unspecified atom stereocenters. The van der Waals surface area contributed by atoms with E-state index in [2.05, 4.69) is 19.5 Å². The minimum Gasteiger partial charge on any atom is -0.756 e. The summed E-state index contributed by atoms with van der Waals surface area (Å²) < 4.78 is 49.8.